The first-order valence-electron chi connectivity index (χ1n) is 11.9. The summed E-state index contributed by atoms with van der Waals surface area (Å²) in [5.41, 5.74) is 2.97. The number of benzene rings is 1. The number of nitrogens with zero attached hydrogens (tertiary/aromatic N) is 2. The lowest BCUT2D eigenvalue weighted by atomic mass is 10.1. The van der Waals surface area contributed by atoms with Gasteiger partial charge in [0.1, 0.15) is 0 Å². The van der Waals surface area contributed by atoms with Gasteiger partial charge in [0.05, 0.1) is 27.7 Å². The molecule has 0 saturated heterocycles. The molecule has 0 amide bonds. The van der Waals surface area contributed by atoms with Gasteiger partial charge < -0.3 is 33.0 Å². The van der Waals surface area contributed by atoms with Gasteiger partial charge in [-0.2, -0.15) is 0 Å². The molecule has 2 rings (SSSR count). The molecule has 0 radical (unpaired) electrons. The second-order valence-electron chi connectivity index (χ2n) is 9.66. The zero-order valence-corrected chi connectivity index (χ0v) is 21.7. The average molecular weight is 513 g/mol. The van der Waals surface area contributed by atoms with E-state index in [0.717, 1.165) is 4.48 Å². The van der Waals surface area contributed by atoms with Crippen molar-refractivity contribution in [3.05, 3.63) is 36.0 Å². The molecule has 1 aromatic heterocycles. The molecule has 3 heteroatoms. The minimum absolute atomic E-state index is 0. The third kappa shape index (κ3) is 10.3. The normalized spacial score (nSPS) is 11.7. The fraction of sp³-hybridized carbons (Fsp3) is 0.692. The highest BCUT2D eigenvalue weighted by Crippen LogP contribution is 2.23. The zero-order valence-electron chi connectivity index (χ0n) is 19.6. The van der Waals surface area contributed by atoms with E-state index in [0.29, 0.717) is 0 Å². The van der Waals surface area contributed by atoms with E-state index in [1.54, 1.807) is 0 Å². The smallest absolute Gasteiger partial charge is 0.0783 e. The van der Waals surface area contributed by atoms with E-state index >= 15 is 0 Å². The molecule has 166 valence electrons. The van der Waals surface area contributed by atoms with Crippen LogP contribution < -0.4 is 24.0 Å². The van der Waals surface area contributed by atoms with Crippen molar-refractivity contribution in [2.45, 2.75) is 90.5 Å². The van der Waals surface area contributed by atoms with Crippen LogP contribution in [-0.4, -0.2) is 36.7 Å². The van der Waals surface area contributed by atoms with Crippen LogP contribution in [0, 0.1) is 0 Å². The number of para-hydroxylation sites is 1. The lowest BCUT2D eigenvalue weighted by Gasteiger charge is -2.23. The maximum Gasteiger partial charge on any atom is 0.0783 e. The van der Waals surface area contributed by atoms with Crippen molar-refractivity contribution >= 4 is 10.9 Å². The van der Waals surface area contributed by atoms with E-state index in [1.165, 1.54) is 107 Å². The Morgan fingerprint density at radius 3 is 1.97 bits per heavy atom. The lowest BCUT2D eigenvalue weighted by Crippen LogP contribution is -3.00. The van der Waals surface area contributed by atoms with Crippen LogP contribution in [0.15, 0.2) is 30.5 Å². The molecule has 1 heterocycles. The molecule has 0 aliphatic heterocycles. The van der Waals surface area contributed by atoms with Gasteiger partial charge in [-0.1, -0.05) is 82.9 Å². The van der Waals surface area contributed by atoms with Crippen molar-refractivity contribution in [3.63, 3.8) is 0 Å². The molecule has 1 aromatic carbocycles. The van der Waals surface area contributed by atoms with Crippen LogP contribution in [0.3, 0.4) is 0 Å². The van der Waals surface area contributed by atoms with Crippen molar-refractivity contribution in [2.75, 3.05) is 27.7 Å². The van der Waals surface area contributed by atoms with Crippen LogP contribution in [0.2, 0.25) is 0 Å². The molecular weight excluding hydrogens is 467 g/mol. The summed E-state index contributed by atoms with van der Waals surface area (Å²) in [7, 11) is 6.86. The van der Waals surface area contributed by atoms with Gasteiger partial charge in [0.25, 0.3) is 0 Å². The Bertz CT molecular complexity index is 669. The Morgan fingerprint density at radius 2 is 1.34 bits per heavy atom. The van der Waals surface area contributed by atoms with Gasteiger partial charge in [-0.25, -0.2) is 0 Å². The Kier molecular flexibility index (Phi) is 13.2. The predicted molar refractivity (Wildman–Crippen MR) is 125 cm³/mol. The highest BCUT2D eigenvalue weighted by molar-refractivity contribution is 5.83. The molecule has 0 fully saturated rings. The van der Waals surface area contributed by atoms with Crippen LogP contribution in [0.4, 0.5) is 0 Å². The molecule has 29 heavy (non-hydrogen) atoms. The number of halogens is 1. The fourth-order valence-corrected chi connectivity index (χ4v) is 4.22. The zero-order chi connectivity index (χ0) is 20.2. The third-order valence-electron chi connectivity index (χ3n) is 5.90. The average Bonchev–Trinajstić information content (AvgIpc) is 3.00. The van der Waals surface area contributed by atoms with Crippen LogP contribution >= 0.6 is 0 Å². The van der Waals surface area contributed by atoms with Gasteiger partial charge in [-0.05, 0) is 24.5 Å². The first-order valence-corrected chi connectivity index (χ1v) is 11.9. The standard InChI is InChI=1S/C26H45N2.HI/c1-5-6-7-8-9-10-11-12-13-16-21-27-23-24(18-17-22-28(2,3)4)25-19-14-15-20-26(25)27;/h14-15,19-20,23H,5-13,16-18,21-22H2,1-4H3;1H/q+1;/p-1. The van der Waals surface area contributed by atoms with Gasteiger partial charge >= 0.3 is 0 Å². The molecular formula is C26H45IN2. The van der Waals surface area contributed by atoms with Crippen molar-refractivity contribution < 1.29 is 28.5 Å². The van der Waals surface area contributed by atoms with E-state index in [2.05, 4.69) is 63.1 Å². The fourth-order valence-electron chi connectivity index (χ4n) is 4.22. The molecule has 0 N–H and O–H groups in total. The molecule has 0 aliphatic carbocycles. The summed E-state index contributed by atoms with van der Waals surface area (Å²) in [6.45, 7) is 4.70. The predicted octanol–water partition coefficient (Wildman–Crippen LogP) is 4.21. The quantitative estimate of drug-likeness (QED) is 0.192. The number of quaternary nitrogens is 1. The SMILES string of the molecule is CCCCCCCCCCCCn1cc(CCC[N+](C)(C)C)c2ccccc21.[I-]. The Morgan fingerprint density at radius 1 is 0.759 bits per heavy atom. The largest absolute Gasteiger partial charge is 1.00 e. The number of hydrogen-bond acceptors (Lipinski definition) is 0. The van der Waals surface area contributed by atoms with Crippen molar-refractivity contribution in [3.8, 4) is 0 Å². The van der Waals surface area contributed by atoms with Gasteiger partial charge in [-0.3, -0.25) is 0 Å². The van der Waals surface area contributed by atoms with Crippen LogP contribution in [0.5, 0.6) is 0 Å². The second kappa shape index (κ2) is 14.5. The first kappa shape index (κ1) is 26.5. The lowest BCUT2D eigenvalue weighted by molar-refractivity contribution is -0.870. The summed E-state index contributed by atoms with van der Waals surface area (Å²) in [4.78, 5) is 0. The Balaban J connectivity index is 0.00000420. The van der Waals surface area contributed by atoms with Crippen molar-refractivity contribution in [1.29, 1.82) is 0 Å². The van der Waals surface area contributed by atoms with E-state index in [-0.39, 0.29) is 24.0 Å². The minimum atomic E-state index is 0. The van der Waals surface area contributed by atoms with Crippen molar-refractivity contribution in [1.82, 2.24) is 4.57 Å². The highest BCUT2D eigenvalue weighted by atomic mass is 127. The Hall–Kier alpha value is -0.550. The number of hydrogen-bond donors (Lipinski definition) is 0. The number of unbranched alkanes of at least 4 members (excludes halogenated alkanes) is 9. The monoisotopic (exact) mass is 512 g/mol. The Labute approximate surface area is 197 Å². The second-order valence-corrected chi connectivity index (χ2v) is 9.66. The summed E-state index contributed by atoms with van der Waals surface area (Å²) in [5, 5.41) is 1.47. The van der Waals surface area contributed by atoms with Gasteiger partial charge in [-0.15, -0.1) is 0 Å². The summed E-state index contributed by atoms with van der Waals surface area (Å²) >= 11 is 0. The van der Waals surface area contributed by atoms with E-state index in [4.69, 9.17) is 0 Å². The maximum atomic E-state index is 2.52. The third-order valence-corrected chi connectivity index (χ3v) is 5.90. The van der Waals surface area contributed by atoms with Gasteiger partial charge in [0.15, 0.2) is 0 Å². The highest BCUT2D eigenvalue weighted by Gasteiger charge is 2.11. The topological polar surface area (TPSA) is 4.93 Å². The summed E-state index contributed by atoms with van der Waals surface area (Å²) < 4.78 is 3.57. The number of aryl methyl sites for hydroxylation is 2. The molecule has 0 bridgehead atoms. The number of rotatable bonds is 15. The summed E-state index contributed by atoms with van der Waals surface area (Å²) in [5.74, 6) is 0. The van der Waals surface area contributed by atoms with E-state index < -0.39 is 0 Å². The molecule has 0 aliphatic rings. The number of fused-ring (bicyclic) bond motifs is 1. The first-order chi connectivity index (χ1) is 13.5. The van der Waals surface area contributed by atoms with Crippen LogP contribution in [0.25, 0.3) is 10.9 Å². The summed E-state index contributed by atoms with van der Waals surface area (Å²) in [6.07, 6.45) is 18.9. The van der Waals surface area contributed by atoms with E-state index in [9.17, 15) is 0 Å². The van der Waals surface area contributed by atoms with Gasteiger partial charge in [0, 0.05) is 30.1 Å². The van der Waals surface area contributed by atoms with E-state index in [1.807, 2.05) is 0 Å². The molecule has 0 unspecified atom stereocenters. The minimum Gasteiger partial charge on any atom is -1.00 e. The van der Waals surface area contributed by atoms with Gasteiger partial charge in [0.2, 0.25) is 0 Å². The molecule has 2 aromatic rings. The molecule has 0 saturated carbocycles. The molecule has 0 spiro atoms. The molecule has 0 atom stereocenters. The maximum absolute atomic E-state index is 2.52. The van der Waals surface area contributed by atoms with Crippen LogP contribution in [-0.2, 0) is 13.0 Å². The van der Waals surface area contributed by atoms with Crippen LogP contribution in [0.1, 0.15) is 83.1 Å². The number of aromatic nitrogens is 1. The summed E-state index contributed by atoms with van der Waals surface area (Å²) in [6, 6.07) is 8.99. The molecule has 2 nitrogen and oxygen atoms in total. The van der Waals surface area contributed by atoms with Crippen molar-refractivity contribution in [2.24, 2.45) is 0 Å².